The fourth-order valence-corrected chi connectivity index (χ4v) is 2.54. The van der Waals surface area contributed by atoms with Gasteiger partial charge in [0.05, 0.1) is 12.0 Å². The smallest absolute Gasteiger partial charge is 0.407 e. The SMILES string of the molecule is CC(C)(C)OC(=O)N[C@@H]1Cc2ccccc2[C@H]1C(N)=O. The van der Waals surface area contributed by atoms with E-state index in [1.807, 2.05) is 24.3 Å². The lowest BCUT2D eigenvalue weighted by Gasteiger charge is -2.23. The van der Waals surface area contributed by atoms with Crippen molar-refractivity contribution in [3.05, 3.63) is 35.4 Å². The zero-order valence-electron chi connectivity index (χ0n) is 12.0. The summed E-state index contributed by atoms with van der Waals surface area (Å²) in [4.78, 5) is 23.5. The van der Waals surface area contributed by atoms with Crippen molar-refractivity contribution in [2.45, 2.75) is 44.8 Å². The number of rotatable bonds is 2. The molecule has 2 rings (SSSR count). The number of ether oxygens (including phenoxy) is 1. The maximum atomic E-state index is 11.8. The Morgan fingerprint density at radius 3 is 2.55 bits per heavy atom. The van der Waals surface area contributed by atoms with Gasteiger partial charge in [-0.2, -0.15) is 0 Å². The van der Waals surface area contributed by atoms with Crippen LogP contribution in [0.2, 0.25) is 0 Å². The summed E-state index contributed by atoms with van der Waals surface area (Å²) in [6.45, 7) is 5.38. The number of amides is 2. The van der Waals surface area contributed by atoms with E-state index in [1.54, 1.807) is 20.8 Å². The Labute approximate surface area is 118 Å². The Kier molecular flexibility index (Phi) is 3.70. The third kappa shape index (κ3) is 3.10. The molecule has 5 heteroatoms. The first-order valence-electron chi connectivity index (χ1n) is 6.64. The Morgan fingerprint density at radius 1 is 1.30 bits per heavy atom. The van der Waals surface area contributed by atoms with Gasteiger partial charge in [0, 0.05) is 0 Å². The molecule has 0 unspecified atom stereocenters. The van der Waals surface area contributed by atoms with Gasteiger partial charge in [-0.05, 0) is 38.3 Å². The van der Waals surface area contributed by atoms with Crippen LogP contribution in [0, 0.1) is 0 Å². The molecule has 0 aliphatic heterocycles. The molecule has 0 aromatic heterocycles. The molecule has 0 saturated heterocycles. The molecule has 2 atom stereocenters. The fraction of sp³-hybridized carbons (Fsp3) is 0.467. The lowest BCUT2D eigenvalue weighted by Crippen LogP contribution is -2.44. The van der Waals surface area contributed by atoms with Crippen LogP contribution < -0.4 is 11.1 Å². The van der Waals surface area contributed by atoms with Gasteiger partial charge in [0.2, 0.25) is 5.91 Å². The lowest BCUT2D eigenvalue weighted by atomic mass is 9.98. The first-order chi connectivity index (χ1) is 9.28. The highest BCUT2D eigenvalue weighted by molar-refractivity contribution is 5.85. The third-order valence-electron chi connectivity index (χ3n) is 3.24. The summed E-state index contributed by atoms with van der Waals surface area (Å²) in [5, 5.41) is 2.75. The molecular weight excluding hydrogens is 256 g/mol. The standard InChI is InChI=1S/C15H20N2O3/c1-15(2,3)20-14(19)17-11-8-9-6-4-5-7-10(9)12(11)13(16)18/h4-7,11-12H,8H2,1-3H3,(H2,16,18)(H,17,19)/t11-,12-/m1/s1. The maximum absolute atomic E-state index is 11.8. The van der Waals surface area contributed by atoms with Crippen LogP contribution >= 0.6 is 0 Å². The maximum Gasteiger partial charge on any atom is 0.407 e. The van der Waals surface area contributed by atoms with E-state index >= 15 is 0 Å². The number of nitrogens with two attached hydrogens (primary N) is 1. The molecule has 2 amide bonds. The average Bonchev–Trinajstić information content (AvgIpc) is 2.63. The molecule has 1 aliphatic rings. The van der Waals surface area contributed by atoms with Gasteiger partial charge in [-0.1, -0.05) is 24.3 Å². The zero-order valence-corrected chi connectivity index (χ0v) is 12.0. The van der Waals surface area contributed by atoms with E-state index in [-0.39, 0.29) is 6.04 Å². The predicted molar refractivity (Wildman–Crippen MR) is 75.2 cm³/mol. The van der Waals surface area contributed by atoms with Crippen LogP contribution in [0.3, 0.4) is 0 Å². The summed E-state index contributed by atoms with van der Waals surface area (Å²) in [6, 6.07) is 7.25. The summed E-state index contributed by atoms with van der Waals surface area (Å²) in [5.74, 6) is -0.935. The van der Waals surface area contributed by atoms with Gasteiger partial charge in [-0.15, -0.1) is 0 Å². The lowest BCUT2D eigenvalue weighted by molar-refractivity contribution is -0.119. The van der Waals surface area contributed by atoms with Crippen LogP contribution in [0.15, 0.2) is 24.3 Å². The molecule has 5 nitrogen and oxygen atoms in total. The van der Waals surface area contributed by atoms with Gasteiger partial charge >= 0.3 is 6.09 Å². The quantitative estimate of drug-likeness (QED) is 0.862. The van der Waals surface area contributed by atoms with Crippen molar-refractivity contribution < 1.29 is 14.3 Å². The summed E-state index contributed by atoms with van der Waals surface area (Å²) in [5.41, 5.74) is 6.83. The van der Waals surface area contributed by atoms with E-state index in [2.05, 4.69) is 5.32 Å². The van der Waals surface area contributed by atoms with Crippen molar-refractivity contribution >= 4 is 12.0 Å². The topological polar surface area (TPSA) is 81.4 Å². The van der Waals surface area contributed by atoms with Crippen molar-refractivity contribution in [3.63, 3.8) is 0 Å². The zero-order chi connectivity index (χ0) is 14.9. The van der Waals surface area contributed by atoms with Crippen molar-refractivity contribution in [3.8, 4) is 0 Å². The van der Waals surface area contributed by atoms with Crippen LogP contribution in [0.1, 0.15) is 37.8 Å². The van der Waals surface area contributed by atoms with Gasteiger partial charge < -0.3 is 15.8 Å². The molecule has 1 aliphatic carbocycles. The second-order valence-corrected chi connectivity index (χ2v) is 6.04. The van der Waals surface area contributed by atoms with Crippen LogP contribution in [0.25, 0.3) is 0 Å². The average molecular weight is 276 g/mol. The fourth-order valence-electron chi connectivity index (χ4n) is 2.54. The molecule has 3 N–H and O–H groups in total. The van der Waals surface area contributed by atoms with Gasteiger partial charge in [-0.3, -0.25) is 4.79 Å². The second kappa shape index (κ2) is 5.15. The van der Waals surface area contributed by atoms with Gasteiger partial charge in [0.1, 0.15) is 5.60 Å². The minimum Gasteiger partial charge on any atom is -0.444 e. The van der Waals surface area contributed by atoms with Crippen LogP contribution in [-0.4, -0.2) is 23.6 Å². The molecule has 0 spiro atoms. The summed E-state index contributed by atoms with van der Waals surface area (Å²) < 4.78 is 5.22. The minimum absolute atomic E-state index is 0.347. The van der Waals surface area contributed by atoms with Crippen LogP contribution in [-0.2, 0) is 16.0 Å². The molecular formula is C15H20N2O3. The first kappa shape index (κ1) is 14.4. The summed E-state index contributed by atoms with van der Waals surface area (Å²) in [6.07, 6.45) is 0.0600. The molecule has 20 heavy (non-hydrogen) atoms. The predicted octanol–water partition coefficient (Wildman–Crippen LogP) is 1.70. The molecule has 0 radical (unpaired) electrons. The number of carbonyl (C=O) groups excluding carboxylic acids is 2. The van der Waals surface area contributed by atoms with Gasteiger partial charge in [0.15, 0.2) is 0 Å². The number of carbonyl (C=O) groups is 2. The van der Waals surface area contributed by atoms with Crippen molar-refractivity contribution in [1.29, 1.82) is 0 Å². The highest BCUT2D eigenvalue weighted by Crippen LogP contribution is 2.33. The van der Waals surface area contributed by atoms with Gasteiger partial charge in [0.25, 0.3) is 0 Å². The number of alkyl carbamates (subject to hydrolysis) is 1. The minimum atomic E-state index is -0.572. The number of benzene rings is 1. The van der Waals surface area contributed by atoms with E-state index in [9.17, 15) is 9.59 Å². The van der Waals surface area contributed by atoms with E-state index in [1.165, 1.54) is 0 Å². The first-order valence-corrected chi connectivity index (χ1v) is 6.64. The third-order valence-corrected chi connectivity index (χ3v) is 3.24. The molecule has 0 heterocycles. The molecule has 1 aromatic carbocycles. The number of fused-ring (bicyclic) bond motifs is 1. The van der Waals surface area contributed by atoms with E-state index in [4.69, 9.17) is 10.5 Å². The van der Waals surface area contributed by atoms with Crippen LogP contribution in [0.4, 0.5) is 4.79 Å². The molecule has 0 fully saturated rings. The highest BCUT2D eigenvalue weighted by atomic mass is 16.6. The van der Waals surface area contributed by atoms with Crippen molar-refractivity contribution in [2.24, 2.45) is 5.73 Å². The Hall–Kier alpha value is -2.04. The largest absolute Gasteiger partial charge is 0.444 e. The number of nitrogens with one attached hydrogen (secondary N) is 1. The van der Waals surface area contributed by atoms with E-state index in [0.717, 1.165) is 11.1 Å². The second-order valence-electron chi connectivity index (χ2n) is 6.04. The Bertz CT molecular complexity index is 534. The summed E-state index contributed by atoms with van der Waals surface area (Å²) in [7, 11) is 0. The number of primary amides is 1. The highest BCUT2D eigenvalue weighted by Gasteiger charge is 2.37. The van der Waals surface area contributed by atoms with E-state index < -0.39 is 23.5 Å². The van der Waals surface area contributed by atoms with Crippen molar-refractivity contribution in [1.82, 2.24) is 5.32 Å². The molecule has 0 saturated carbocycles. The normalized spacial score (nSPS) is 21.1. The summed E-state index contributed by atoms with van der Waals surface area (Å²) >= 11 is 0. The van der Waals surface area contributed by atoms with Gasteiger partial charge in [-0.25, -0.2) is 4.79 Å². The molecule has 1 aromatic rings. The monoisotopic (exact) mass is 276 g/mol. The number of hydrogen-bond acceptors (Lipinski definition) is 3. The van der Waals surface area contributed by atoms with Crippen LogP contribution in [0.5, 0.6) is 0 Å². The molecule has 108 valence electrons. The Morgan fingerprint density at radius 2 is 1.95 bits per heavy atom. The van der Waals surface area contributed by atoms with Crippen molar-refractivity contribution in [2.75, 3.05) is 0 Å². The number of hydrogen-bond donors (Lipinski definition) is 2. The molecule has 0 bridgehead atoms. The van der Waals surface area contributed by atoms with E-state index in [0.29, 0.717) is 6.42 Å². The Balaban J connectivity index is 2.14.